The van der Waals surface area contributed by atoms with E-state index < -0.39 is 5.92 Å². The van der Waals surface area contributed by atoms with Crippen LogP contribution in [-0.2, 0) is 16.0 Å². The van der Waals surface area contributed by atoms with Gasteiger partial charge >= 0.3 is 0 Å². The van der Waals surface area contributed by atoms with E-state index in [0.29, 0.717) is 30.8 Å². The molecule has 0 spiro atoms. The second kappa shape index (κ2) is 7.99. The number of halogens is 1. The van der Waals surface area contributed by atoms with E-state index in [2.05, 4.69) is 5.32 Å². The van der Waals surface area contributed by atoms with Gasteiger partial charge in [0, 0.05) is 25.2 Å². The molecule has 5 nitrogen and oxygen atoms in total. The summed E-state index contributed by atoms with van der Waals surface area (Å²) in [5.74, 6) is -0.216. The van der Waals surface area contributed by atoms with Crippen LogP contribution in [0.5, 0.6) is 5.75 Å². The van der Waals surface area contributed by atoms with Gasteiger partial charge in [0.15, 0.2) is 0 Å². The highest BCUT2D eigenvalue weighted by atomic mass is 19.1. The van der Waals surface area contributed by atoms with Crippen LogP contribution in [0.25, 0.3) is 0 Å². The van der Waals surface area contributed by atoms with Crippen LogP contribution >= 0.6 is 0 Å². The summed E-state index contributed by atoms with van der Waals surface area (Å²) in [6.45, 7) is 0.684. The zero-order chi connectivity index (χ0) is 18.5. The lowest BCUT2D eigenvalue weighted by molar-refractivity contribution is -0.126. The number of rotatable bonds is 6. The standard InChI is InChI=1S/C20H21FN2O3/c1-26-17-8-6-16(7-9-17)23-13-15(12-19(23)24)20(25)22-11-10-14-4-2-3-5-18(14)21/h2-9,15H,10-13H2,1H3,(H,22,25). The van der Waals surface area contributed by atoms with E-state index in [1.807, 2.05) is 0 Å². The normalized spacial score (nSPS) is 16.6. The summed E-state index contributed by atoms with van der Waals surface area (Å²) in [4.78, 5) is 26.2. The lowest BCUT2D eigenvalue weighted by Crippen LogP contribution is -2.34. The van der Waals surface area contributed by atoms with Crippen LogP contribution in [-0.4, -0.2) is 32.0 Å². The Bertz CT molecular complexity index is 792. The number of benzene rings is 2. The van der Waals surface area contributed by atoms with Gasteiger partial charge in [-0.15, -0.1) is 0 Å². The van der Waals surface area contributed by atoms with Crippen molar-refractivity contribution in [3.05, 3.63) is 59.9 Å². The summed E-state index contributed by atoms with van der Waals surface area (Å²) in [5, 5.41) is 2.81. The molecule has 0 saturated carbocycles. The number of nitrogens with one attached hydrogen (secondary N) is 1. The van der Waals surface area contributed by atoms with Crippen molar-refractivity contribution in [1.82, 2.24) is 5.32 Å². The second-order valence-electron chi connectivity index (χ2n) is 6.24. The first-order chi connectivity index (χ1) is 12.6. The highest BCUT2D eigenvalue weighted by Gasteiger charge is 2.34. The molecule has 1 saturated heterocycles. The van der Waals surface area contributed by atoms with Gasteiger partial charge in [0.25, 0.3) is 0 Å². The van der Waals surface area contributed by atoms with Gasteiger partial charge in [-0.2, -0.15) is 0 Å². The van der Waals surface area contributed by atoms with Crippen molar-refractivity contribution < 1.29 is 18.7 Å². The fourth-order valence-electron chi connectivity index (χ4n) is 3.06. The topological polar surface area (TPSA) is 58.6 Å². The van der Waals surface area contributed by atoms with Crippen LogP contribution in [0.2, 0.25) is 0 Å². The van der Waals surface area contributed by atoms with Gasteiger partial charge in [-0.1, -0.05) is 18.2 Å². The molecule has 2 aromatic carbocycles. The average molecular weight is 356 g/mol. The molecule has 0 aromatic heterocycles. The summed E-state index contributed by atoms with van der Waals surface area (Å²) in [6, 6.07) is 13.7. The molecule has 136 valence electrons. The number of ether oxygens (including phenoxy) is 1. The van der Waals surface area contributed by atoms with Crippen molar-refractivity contribution in [3.63, 3.8) is 0 Å². The van der Waals surface area contributed by atoms with E-state index in [-0.39, 0.29) is 24.1 Å². The van der Waals surface area contributed by atoms with Gasteiger partial charge in [-0.3, -0.25) is 9.59 Å². The van der Waals surface area contributed by atoms with E-state index in [9.17, 15) is 14.0 Å². The summed E-state index contributed by atoms with van der Waals surface area (Å²) >= 11 is 0. The smallest absolute Gasteiger partial charge is 0.227 e. The molecule has 0 radical (unpaired) electrons. The molecule has 0 bridgehead atoms. The van der Waals surface area contributed by atoms with Crippen molar-refractivity contribution in [2.24, 2.45) is 5.92 Å². The molecule has 1 atom stereocenters. The van der Waals surface area contributed by atoms with Gasteiger partial charge in [-0.25, -0.2) is 4.39 Å². The lowest BCUT2D eigenvalue weighted by Gasteiger charge is -2.17. The third kappa shape index (κ3) is 4.02. The highest BCUT2D eigenvalue weighted by molar-refractivity contribution is 6.00. The van der Waals surface area contributed by atoms with Gasteiger partial charge in [0.2, 0.25) is 11.8 Å². The summed E-state index contributed by atoms with van der Waals surface area (Å²) < 4.78 is 18.7. The number of hydrogen-bond acceptors (Lipinski definition) is 3. The molecule has 1 unspecified atom stereocenters. The summed E-state index contributed by atoms with van der Waals surface area (Å²) in [5.41, 5.74) is 1.31. The minimum atomic E-state index is -0.398. The maximum absolute atomic E-state index is 13.6. The van der Waals surface area contributed by atoms with Gasteiger partial charge in [0.1, 0.15) is 11.6 Å². The predicted octanol–water partition coefficient (Wildman–Crippen LogP) is 2.55. The molecular weight excluding hydrogens is 335 g/mol. The Kier molecular flexibility index (Phi) is 5.51. The van der Waals surface area contributed by atoms with Crippen LogP contribution in [0.1, 0.15) is 12.0 Å². The average Bonchev–Trinajstić information content (AvgIpc) is 3.05. The Morgan fingerprint density at radius 3 is 2.65 bits per heavy atom. The maximum Gasteiger partial charge on any atom is 0.227 e. The predicted molar refractivity (Wildman–Crippen MR) is 96.6 cm³/mol. The number of amides is 2. The van der Waals surface area contributed by atoms with Crippen molar-refractivity contribution in [2.45, 2.75) is 12.8 Å². The minimum absolute atomic E-state index is 0.0792. The Hall–Kier alpha value is -2.89. The first-order valence-electron chi connectivity index (χ1n) is 8.54. The van der Waals surface area contributed by atoms with E-state index in [4.69, 9.17) is 4.74 Å². The Balaban J connectivity index is 1.54. The summed E-state index contributed by atoms with van der Waals surface area (Å²) in [6.07, 6.45) is 0.596. The van der Waals surface area contributed by atoms with Crippen molar-refractivity contribution in [2.75, 3.05) is 25.1 Å². The van der Waals surface area contributed by atoms with Crippen LogP contribution in [0.4, 0.5) is 10.1 Å². The molecule has 3 rings (SSSR count). The molecule has 1 aliphatic heterocycles. The van der Waals surface area contributed by atoms with E-state index in [1.54, 1.807) is 54.5 Å². The van der Waals surface area contributed by atoms with E-state index >= 15 is 0 Å². The number of hydrogen-bond donors (Lipinski definition) is 1. The van der Waals surface area contributed by atoms with Crippen LogP contribution in [0, 0.1) is 11.7 Å². The molecule has 2 amide bonds. The van der Waals surface area contributed by atoms with Gasteiger partial charge < -0.3 is 15.0 Å². The first kappa shape index (κ1) is 17.9. The van der Waals surface area contributed by atoms with Crippen molar-refractivity contribution in [3.8, 4) is 5.75 Å². The van der Waals surface area contributed by atoms with Crippen LogP contribution in [0.15, 0.2) is 48.5 Å². The van der Waals surface area contributed by atoms with E-state index in [1.165, 1.54) is 6.07 Å². The second-order valence-corrected chi connectivity index (χ2v) is 6.24. The molecule has 6 heteroatoms. The Labute approximate surface area is 151 Å². The highest BCUT2D eigenvalue weighted by Crippen LogP contribution is 2.26. The maximum atomic E-state index is 13.6. The number of anilines is 1. The molecular formula is C20H21FN2O3. The largest absolute Gasteiger partial charge is 0.497 e. The fourth-order valence-corrected chi connectivity index (χ4v) is 3.06. The SMILES string of the molecule is COc1ccc(N2CC(C(=O)NCCc3ccccc3F)CC2=O)cc1. The first-order valence-corrected chi connectivity index (χ1v) is 8.54. The third-order valence-electron chi connectivity index (χ3n) is 4.53. The zero-order valence-electron chi connectivity index (χ0n) is 14.6. The quantitative estimate of drug-likeness (QED) is 0.865. The van der Waals surface area contributed by atoms with Gasteiger partial charge in [-0.05, 0) is 42.3 Å². The van der Waals surface area contributed by atoms with Crippen LogP contribution < -0.4 is 15.0 Å². The molecule has 1 fully saturated rings. The number of carbonyl (C=O) groups excluding carboxylic acids is 2. The number of carbonyl (C=O) groups is 2. The monoisotopic (exact) mass is 356 g/mol. The summed E-state index contributed by atoms with van der Waals surface area (Å²) in [7, 11) is 1.58. The molecule has 1 heterocycles. The van der Waals surface area contributed by atoms with Gasteiger partial charge in [0.05, 0.1) is 13.0 Å². The molecule has 1 aliphatic rings. The lowest BCUT2D eigenvalue weighted by atomic mass is 10.1. The molecule has 2 aromatic rings. The minimum Gasteiger partial charge on any atom is -0.497 e. The zero-order valence-corrected chi connectivity index (χ0v) is 14.6. The van der Waals surface area contributed by atoms with Crippen molar-refractivity contribution in [1.29, 1.82) is 0 Å². The number of methoxy groups -OCH3 is 1. The molecule has 1 N–H and O–H groups in total. The number of nitrogens with zero attached hydrogens (tertiary/aromatic N) is 1. The third-order valence-corrected chi connectivity index (χ3v) is 4.53. The van der Waals surface area contributed by atoms with Crippen LogP contribution in [0.3, 0.4) is 0 Å². The fraction of sp³-hybridized carbons (Fsp3) is 0.300. The molecule has 26 heavy (non-hydrogen) atoms. The van der Waals surface area contributed by atoms with Crippen molar-refractivity contribution >= 4 is 17.5 Å². The Morgan fingerprint density at radius 2 is 1.96 bits per heavy atom. The Morgan fingerprint density at radius 1 is 1.23 bits per heavy atom. The van der Waals surface area contributed by atoms with E-state index in [0.717, 1.165) is 5.69 Å². The molecule has 0 aliphatic carbocycles.